The predicted octanol–water partition coefficient (Wildman–Crippen LogP) is 22.6. The Balaban J connectivity index is 0.000000155. The van der Waals surface area contributed by atoms with E-state index in [1.54, 1.807) is 32.0 Å². The normalized spacial score (nSPS) is 16.9. The van der Waals surface area contributed by atoms with Gasteiger partial charge in [-0.05, 0) is 321 Å². The fraction of sp³-hybridized carbons (Fsp3) is 0.402. The first-order valence-electron chi connectivity index (χ1n) is 44.6. The van der Waals surface area contributed by atoms with E-state index in [-0.39, 0.29) is 57.8 Å². The van der Waals surface area contributed by atoms with Crippen molar-refractivity contribution in [2.45, 2.75) is 218 Å². The number of aromatic amines is 3. The van der Waals surface area contributed by atoms with E-state index in [4.69, 9.17) is 76.5 Å². The molecule has 0 spiro atoms. The molecule has 0 bridgehead atoms. The molecule has 28 nitrogen and oxygen atoms in total. The number of ether oxygens (including phenoxy) is 6. The molecule has 7 fully saturated rings. The van der Waals surface area contributed by atoms with Crippen LogP contribution >= 0.6 is 83.1 Å². The van der Waals surface area contributed by atoms with Gasteiger partial charge in [0.2, 0.25) is 17.1 Å². The van der Waals surface area contributed by atoms with Gasteiger partial charge in [-0.25, -0.2) is 19.2 Å². The minimum atomic E-state index is -5.08. The van der Waals surface area contributed by atoms with E-state index in [0.717, 1.165) is 129 Å². The molecule has 4 saturated carbocycles. The van der Waals surface area contributed by atoms with E-state index in [1.165, 1.54) is 86.7 Å². The van der Waals surface area contributed by atoms with Crippen molar-refractivity contribution in [3.8, 4) is 51.0 Å². The Kier molecular flexibility index (Phi) is 38.5. The summed E-state index contributed by atoms with van der Waals surface area (Å²) in [5.41, 5.74) is 3.70. The Morgan fingerprint density at radius 2 is 0.701 bits per heavy atom. The number of carbonyl (C=O) groups excluding carboxylic acids is 2. The zero-order chi connectivity index (χ0) is 99.1. The summed E-state index contributed by atoms with van der Waals surface area (Å²) in [5.74, 6) is 2.21. The number of aromatic hydroxyl groups is 1. The van der Waals surface area contributed by atoms with Crippen LogP contribution in [0.25, 0.3) is 22.3 Å². The molecule has 0 amide bonds. The van der Waals surface area contributed by atoms with Crippen LogP contribution in [0, 0.1) is 23.7 Å². The Hall–Kier alpha value is -9.71. The summed E-state index contributed by atoms with van der Waals surface area (Å²) in [6.45, 7) is 31.9. The van der Waals surface area contributed by atoms with Crippen molar-refractivity contribution >= 4 is 134 Å². The first kappa shape index (κ1) is 108. The zero-order valence-electron chi connectivity index (χ0n) is 78.5. The summed E-state index contributed by atoms with van der Waals surface area (Å²) in [6.07, 6.45) is 5.31. The van der Waals surface area contributed by atoms with E-state index < -0.39 is 44.1 Å². The summed E-state index contributed by atoms with van der Waals surface area (Å²) in [4.78, 5) is 46.3. The van der Waals surface area contributed by atoms with Gasteiger partial charge in [0, 0.05) is 28.1 Å². The molecular formula is C97H112B3Br3F3N9O19S3. The van der Waals surface area contributed by atoms with Crippen LogP contribution in [0.3, 0.4) is 0 Å². The van der Waals surface area contributed by atoms with Crippen LogP contribution in [-0.4, -0.2) is 186 Å². The number of aliphatic carboxylic acids is 1. The highest BCUT2D eigenvalue weighted by Gasteiger charge is 2.64. The van der Waals surface area contributed by atoms with Crippen molar-refractivity contribution < 1.29 is 104 Å². The Bertz CT molecular complexity index is 5680. The summed E-state index contributed by atoms with van der Waals surface area (Å²) < 4.78 is 104. The molecule has 0 unspecified atom stereocenters. The topological polar surface area (TPSA) is 364 Å². The third-order valence-electron chi connectivity index (χ3n) is 22.9. The molecule has 11 aromatic rings. The molecular weight excluding hydrogens is 2020 g/mol. The van der Waals surface area contributed by atoms with Gasteiger partial charge in [-0.1, -0.05) is 156 Å². The maximum atomic E-state index is 11.9. The molecule has 6 heterocycles. The maximum Gasteiger partial charge on any atom is 0.494 e. The second kappa shape index (κ2) is 48.9. The van der Waals surface area contributed by atoms with Crippen LogP contribution in [0.2, 0.25) is 0 Å². The lowest BCUT2D eigenvalue weighted by Crippen LogP contribution is -2.41. The molecule has 3 aliphatic heterocycles. The fourth-order valence-corrected chi connectivity index (χ4v) is 15.7. The second-order valence-electron chi connectivity index (χ2n) is 35.7. The van der Waals surface area contributed by atoms with Crippen molar-refractivity contribution in [2.75, 3.05) is 39.6 Å². The third-order valence-corrected chi connectivity index (χ3v) is 27.4. The molecule has 728 valence electrons. The van der Waals surface area contributed by atoms with E-state index >= 15 is 0 Å². The molecule has 7 aliphatic rings. The number of hydrogen-bond donors (Lipinski definition) is 6. The van der Waals surface area contributed by atoms with Gasteiger partial charge in [0.1, 0.15) is 28.7 Å². The number of H-pyrrole nitrogens is 3. The molecule has 6 N–H and O–H groups in total. The van der Waals surface area contributed by atoms with Gasteiger partial charge in [-0.15, -0.1) is 30.6 Å². The number of aromatic carboxylic acids is 1. The Morgan fingerprint density at radius 3 is 1.02 bits per heavy atom. The molecule has 3 aromatic heterocycles. The molecule has 3 saturated heterocycles. The molecule has 0 atom stereocenters. The Labute approximate surface area is 834 Å². The van der Waals surface area contributed by atoms with Crippen molar-refractivity contribution in [1.82, 2.24) is 46.2 Å². The quantitative estimate of drug-likeness (QED) is 0.0206. The van der Waals surface area contributed by atoms with Crippen molar-refractivity contribution in [1.29, 1.82) is 0 Å². The average Bonchev–Trinajstić information content (AvgIpc) is 1.59. The number of carbonyl (C=O) groups is 4. The third kappa shape index (κ3) is 33.5. The molecule has 8 aromatic carbocycles. The first-order chi connectivity index (χ1) is 64.9. The lowest BCUT2D eigenvalue weighted by atomic mass is 9.49. The van der Waals surface area contributed by atoms with Crippen molar-refractivity contribution in [2.24, 2.45) is 23.7 Å². The highest BCUT2D eigenvalue weighted by atomic mass is 79.9. The number of aromatic nitrogens is 9. The number of benzene rings is 8. The molecule has 4 aliphatic carbocycles. The van der Waals surface area contributed by atoms with Crippen LogP contribution in [-0.2, 0) is 42.2 Å². The zero-order valence-corrected chi connectivity index (χ0v) is 85.7. The Morgan fingerprint density at radius 1 is 0.394 bits per heavy atom. The number of esters is 2. The minimum absolute atomic E-state index is 0.0698. The highest BCUT2D eigenvalue weighted by molar-refractivity contribution is 9.11. The second-order valence-corrected chi connectivity index (χ2v) is 41.6. The van der Waals surface area contributed by atoms with Crippen molar-refractivity contribution in [3.63, 3.8) is 0 Å². The van der Waals surface area contributed by atoms with Gasteiger partial charge in [0.15, 0.2) is 15.1 Å². The summed E-state index contributed by atoms with van der Waals surface area (Å²) in [5, 5.41) is 56.9. The van der Waals surface area contributed by atoms with Gasteiger partial charge in [-0.2, -0.15) is 28.8 Å². The SMILES string of the molecule is Brc1cccc(OCC2CC2)c1.CC1(C)OB(B2OC(C)(C)C(C)(C)O2)OC1(C)C.CC1(C)OB(c2cccc(OCC3CC3)c2)OC1(C)C.CCOC(=O)c1n[nH]nc1Sc1ccc(-c2cccc(OCC3CC3)c2)cc1.CCOC(=O)c1n[nH]nc1Sc1ccc(Br)cc1.O=C(O)C(F)(F)F.O=C(O)c1n[nH]nc1Sc1ccc(-c2cccc(OCC3CC3)c2)cc1.Oc1cccc(Br)c1. The lowest BCUT2D eigenvalue weighted by Gasteiger charge is -2.32. The molecule has 40 heteroatoms. The number of nitrogens with one attached hydrogen (secondary N) is 3. The maximum absolute atomic E-state index is 11.9. The smallest absolute Gasteiger partial charge is 0.494 e. The molecule has 137 heavy (non-hydrogen) atoms. The number of carboxylic acid groups (broad SMARTS) is 2. The van der Waals surface area contributed by atoms with Crippen LogP contribution in [0.4, 0.5) is 13.2 Å². The average molecular weight is 2130 g/mol. The van der Waals surface area contributed by atoms with Gasteiger partial charge < -0.3 is 71.7 Å². The number of halogens is 6. The van der Waals surface area contributed by atoms with E-state index in [2.05, 4.69) is 134 Å². The van der Waals surface area contributed by atoms with E-state index in [9.17, 15) is 27.6 Å². The molecule has 0 radical (unpaired) electrons. The number of rotatable bonds is 27. The number of hydrogen-bond acceptors (Lipinski definition) is 26. The van der Waals surface area contributed by atoms with Gasteiger partial charge in [0.05, 0.1) is 73.2 Å². The number of phenolic OH excluding ortho intramolecular Hbond substituents is 1. The number of phenols is 1. The number of carboxylic acids is 2. The predicted molar refractivity (Wildman–Crippen MR) is 529 cm³/mol. The van der Waals surface area contributed by atoms with E-state index in [1.807, 2.05) is 219 Å². The molecule has 18 rings (SSSR count). The largest absolute Gasteiger partial charge is 0.508 e. The summed E-state index contributed by atoms with van der Waals surface area (Å²) in [7, 11) is -1.27. The lowest BCUT2D eigenvalue weighted by molar-refractivity contribution is -0.192. The van der Waals surface area contributed by atoms with Crippen molar-refractivity contribution in [3.05, 3.63) is 225 Å². The standard InChI is InChI=1S/C21H21N3O3S.C19H17N3O3S.C16H23BO3.C12H24B2O4.C11H10BrN3O2S.C10H11BrO.C6H5BrO.C2HF3O2/c1-2-26-21(25)19-20(23-24-22-19)28-18-10-8-15(9-11-18)16-4-3-5-17(12-16)27-13-14-6-7-14;23-19(24)17-18(21-22-20-17)26-16-8-6-13(7-9-16)14-2-1-3-15(10-14)25-11-12-4-5-12;1-15(2)16(3,4)20-17(19-15)13-6-5-7-14(10-13)18-11-12-8-9-12;1-9(2)10(3,4)16-13(15-9)14-17-11(5,6)12(7,8)18-14;1-2-17-11(16)9-10(14-15-13-9)18-8-5-3-7(12)4-6-8;11-9-2-1-3-10(6-9)12-7-8-4-5-8;7-5-2-1-3-6(8)4-5;3-2(4,5)1(6)7/h3-5,8-12,14H,2,6-7,13H2,1H3,(H,22,23,24);1-3,6-10,12H,4-5,11H2,(H,23,24)(H,20,21,22);5-7,10,12H,8-9,11H2,1-4H3;1-8H3;3-6H,2H2,1H3,(H,13,14,15);1-3,6,8H,4-5,7H2;1-4,8H;(H,6,7). The van der Waals surface area contributed by atoms with Crippen LogP contribution in [0.15, 0.2) is 237 Å². The fourth-order valence-electron chi connectivity index (χ4n) is 12.2. The number of alkyl halides is 3. The van der Waals surface area contributed by atoms with Crippen LogP contribution in [0.1, 0.15) is 180 Å². The van der Waals surface area contributed by atoms with Crippen LogP contribution < -0.4 is 24.4 Å². The van der Waals surface area contributed by atoms with E-state index in [0.29, 0.717) is 34.0 Å². The minimum Gasteiger partial charge on any atom is -0.508 e. The van der Waals surface area contributed by atoms with Gasteiger partial charge in [-0.3, -0.25) is 0 Å². The summed E-state index contributed by atoms with van der Waals surface area (Å²) in [6, 6.07) is 62.9. The monoisotopic (exact) mass is 2130 g/mol. The summed E-state index contributed by atoms with van der Waals surface area (Å²) >= 11 is 14.0. The number of nitrogens with zero attached hydrogens (tertiary/aromatic N) is 6. The van der Waals surface area contributed by atoms with Gasteiger partial charge >= 0.3 is 51.2 Å². The first-order valence-corrected chi connectivity index (χ1v) is 49.5. The van der Waals surface area contributed by atoms with Crippen LogP contribution in [0.5, 0.6) is 28.7 Å². The highest BCUT2D eigenvalue weighted by Crippen LogP contribution is 2.45. The van der Waals surface area contributed by atoms with Gasteiger partial charge in [0.25, 0.3) is 0 Å².